The molecule has 0 fully saturated rings. The van der Waals surface area contributed by atoms with Crippen molar-refractivity contribution in [3.8, 4) is 0 Å². The normalized spacial score (nSPS) is 11.8. The van der Waals surface area contributed by atoms with Crippen molar-refractivity contribution in [3.05, 3.63) is 33.9 Å². The van der Waals surface area contributed by atoms with Crippen LogP contribution in [0.2, 0.25) is 0 Å². The van der Waals surface area contributed by atoms with Crippen LogP contribution in [0.5, 0.6) is 0 Å². The minimum absolute atomic E-state index is 0.0419. The highest BCUT2D eigenvalue weighted by atomic mass is 32.2. The number of nitrogens with one attached hydrogen (secondary N) is 2. The number of nitro groups is 1. The number of hydrogen-bond donors (Lipinski definition) is 2. The second-order valence-corrected chi connectivity index (χ2v) is 5.42. The van der Waals surface area contributed by atoms with Gasteiger partial charge in [0, 0.05) is 25.2 Å². The Bertz CT molecular complexity index is 494. The minimum atomic E-state index is -0.478. The third-order valence-corrected chi connectivity index (χ3v) is 3.69. The summed E-state index contributed by atoms with van der Waals surface area (Å²) < 4.78 is 0. The van der Waals surface area contributed by atoms with E-state index in [-0.39, 0.29) is 11.6 Å². The average Bonchev–Trinajstić information content (AvgIpc) is 2.44. The van der Waals surface area contributed by atoms with E-state index in [4.69, 9.17) is 0 Å². The van der Waals surface area contributed by atoms with Crippen molar-refractivity contribution in [1.82, 2.24) is 5.32 Å². The molecule has 0 aliphatic heterocycles. The van der Waals surface area contributed by atoms with Gasteiger partial charge in [-0.3, -0.25) is 14.9 Å². The first-order valence-electron chi connectivity index (χ1n) is 6.23. The molecule has 0 saturated carbocycles. The molecule has 6 nitrogen and oxygen atoms in total. The highest BCUT2D eigenvalue weighted by Gasteiger charge is 2.16. The van der Waals surface area contributed by atoms with E-state index in [1.807, 2.05) is 6.26 Å². The molecule has 20 heavy (non-hydrogen) atoms. The summed E-state index contributed by atoms with van der Waals surface area (Å²) in [5.74, 6) is 1.14. The first-order valence-corrected chi connectivity index (χ1v) is 7.62. The van der Waals surface area contributed by atoms with E-state index in [2.05, 4.69) is 17.6 Å². The van der Waals surface area contributed by atoms with Gasteiger partial charge in [-0.2, -0.15) is 11.8 Å². The molecule has 1 unspecified atom stereocenters. The van der Waals surface area contributed by atoms with Crippen molar-refractivity contribution in [2.75, 3.05) is 30.9 Å². The van der Waals surface area contributed by atoms with Crippen LogP contribution in [-0.2, 0) is 0 Å². The number of thioether (sulfide) groups is 1. The highest BCUT2D eigenvalue weighted by molar-refractivity contribution is 7.98. The summed E-state index contributed by atoms with van der Waals surface area (Å²) in [6, 6.07) is 4.30. The molecule has 2 N–H and O–H groups in total. The van der Waals surface area contributed by atoms with E-state index in [1.165, 1.54) is 18.2 Å². The Morgan fingerprint density at radius 3 is 2.75 bits per heavy atom. The minimum Gasteiger partial charge on any atom is -0.383 e. The molecule has 1 rings (SSSR count). The Labute approximate surface area is 122 Å². The average molecular weight is 297 g/mol. The third kappa shape index (κ3) is 4.41. The maximum Gasteiger partial charge on any atom is 0.292 e. The Morgan fingerprint density at radius 2 is 2.20 bits per heavy atom. The Balaban J connectivity index is 2.76. The second kappa shape index (κ2) is 7.74. The lowest BCUT2D eigenvalue weighted by atomic mass is 10.1. The van der Waals surface area contributed by atoms with Gasteiger partial charge in [0.05, 0.1) is 4.92 Å². The van der Waals surface area contributed by atoms with Crippen LogP contribution in [0.25, 0.3) is 0 Å². The molecule has 1 aromatic rings. The van der Waals surface area contributed by atoms with Gasteiger partial charge in [-0.1, -0.05) is 6.92 Å². The lowest BCUT2D eigenvalue weighted by Crippen LogP contribution is -2.29. The fourth-order valence-corrected chi connectivity index (χ4v) is 2.44. The van der Waals surface area contributed by atoms with Gasteiger partial charge in [0.15, 0.2) is 0 Å². The second-order valence-electron chi connectivity index (χ2n) is 4.51. The summed E-state index contributed by atoms with van der Waals surface area (Å²) in [5.41, 5.74) is 0.705. The van der Waals surface area contributed by atoms with Crippen LogP contribution in [0, 0.1) is 16.0 Å². The smallest absolute Gasteiger partial charge is 0.292 e. The number of hydrogen-bond acceptors (Lipinski definition) is 5. The van der Waals surface area contributed by atoms with E-state index < -0.39 is 4.92 Å². The van der Waals surface area contributed by atoms with Gasteiger partial charge in [0.1, 0.15) is 5.69 Å². The van der Waals surface area contributed by atoms with E-state index in [0.717, 1.165) is 5.75 Å². The Morgan fingerprint density at radius 1 is 1.50 bits per heavy atom. The molecule has 110 valence electrons. The molecule has 0 aliphatic rings. The number of carbonyl (C=O) groups excluding carboxylic acids is 1. The molecule has 0 aliphatic carbocycles. The van der Waals surface area contributed by atoms with E-state index in [1.54, 1.807) is 18.8 Å². The molecule has 0 radical (unpaired) electrons. The van der Waals surface area contributed by atoms with Gasteiger partial charge >= 0.3 is 0 Å². The molecular formula is C13H19N3O3S. The standard InChI is InChI=1S/C13H19N3O3S/c1-9(8-20-3)7-15-13(17)10-4-5-12(16(18)19)11(6-10)14-2/h4-6,9,14H,7-8H2,1-3H3,(H,15,17). The largest absolute Gasteiger partial charge is 0.383 e. The maximum absolute atomic E-state index is 12.0. The van der Waals surface area contributed by atoms with Crippen molar-refractivity contribution in [3.63, 3.8) is 0 Å². The molecule has 1 atom stereocenters. The highest BCUT2D eigenvalue weighted by Crippen LogP contribution is 2.24. The van der Waals surface area contributed by atoms with Crippen LogP contribution in [0.3, 0.4) is 0 Å². The maximum atomic E-state index is 12.0. The SMILES string of the molecule is CNc1cc(C(=O)NCC(C)CSC)ccc1[N+](=O)[O-]. The fourth-order valence-electron chi connectivity index (χ4n) is 1.75. The van der Waals surface area contributed by atoms with Crippen LogP contribution in [0.4, 0.5) is 11.4 Å². The molecule has 0 heterocycles. The molecule has 0 bridgehead atoms. The summed E-state index contributed by atoms with van der Waals surface area (Å²) in [6.07, 6.45) is 2.02. The van der Waals surface area contributed by atoms with Crippen molar-refractivity contribution in [2.45, 2.75) is 6.92 Å². The molecule has 7 heteroatoms. The summed E-state index contributed by atoms with van der Waals surface area (Å²) in [4.78, 5) is 22.3. The molecule has 0 aromatic heterocycles. The summed E-state index contributed by atoms with van der Waals surface area (Å²) in [7, 11) is 1.59. The van der Waals surface area contributed by atoms with Gasteiger partial charge in [-0.15, -0.1) is 0 Å². The molecule has 0 spiro atoms. The summed E-state index contributed by atoms with van der Waals surface area (Å²) in [5, 5.41) is 16.4. The zero-order valence-corrected chi connectivity index (χ0v) is 12.6. The summed E-state index contributed by atoms with van der Waals surface area (Å²) in [6.45, 7) is 2.65. The van der Waals surface area contributed by atoms with E-state index in [9.17, 15) is 14.9 Å². The number of carbonyl (C=O) groups is 1. The van der Waals surface area contributed by atoms with E-state index >= 15 is 0 Å². The molecular weight excluding hydrogens is 278 g/mol. The van der Waals surface area contributed by atoms with Crippen LogP contribution in [-0.4, -0.2) is 36.4 Å². The number of benzene rings is 1. The predicted octanol–water partition coefficient (Wildman–Crippen LogP) is 2.37. The number of rotatable bonds is 7. The third-order valence-electron chi connectivity index (χ3n) is 2.79. The zero-order valence-electron chi connectivity index (χ0n) is 11.8. The zero-order chi connectivity index (χ0) is 15.1. The fraction of sp³-hybridized carbons (Fsp3) is 0.462. The number of amides is 1. The monoisotopic (exact) mass is 297 g/mol. The molecule has 1 aromatic carbocycles. The predicted molar refractivity (Wildman–Crippen MR) is 82.5 cm³/mol. The first-order chi connectivity index (χ1) is 9.49. The number of anilines is 1. The van der Waals surface area contributed by atoms with Crippen LogP contribution < -0.4 is 10.6 Å². The Hall–Kier alpha value is -1.76. The topological polar surface area (TPSA) is 84.3 Å². The van der Waals surface area contributed by atoms with Crippen LogP contribution in [0.15, 0.2) is 18.2 Å². The van der Waals surface area contributed by atoms with Crippen molar-refractivity contribution < 1.29 is 9.72 Å². The Kier molecular flexibility index (Phi) is 6.30. The lowest BCUT2D eigenvalue weighted by molar-refractivity contribution is -0.383. The van der Waals surface area contributed by atoms with Gasteiger partial charge in [0.25, 0.3) is 11.6 Å². The number of nitrogens with zero attached hydrogens (tertiary/aromatic N) is 1. The number of nitro benzene ring substituents is 1. The van der Waals surface area contributed by atoms with Crippen LogP contribution >= 0.6 is 11.8 Å². The lowest BCUT2D eigenvalue weighted by Gasteiger charge is -2.11. The van der Waals surface area contributed by atoms with Crippen molar-refractivity contribution in [2.24, 2.45) is 5.92 Å². The van der Waals surface area contributed by atoms with Crippen LogP contribution in [0.1, 0.15) is 17.3 Å². The van der Waals surface area contributed by atoms with Crippen molar-refractivity contribution >= 4 is 29.0 Å². The van der Waals surface area contributed by atoms with E-state index in [0.29, 0.717) is 23.7 Å². The molecule has 0 saturated heterocycles. The van der Waals surface area contributed by atoms with Gasteiger partial charge in [-0.25, -0.2) is 0 Å². The molecule has 1 amide bonds. The van der Waals surface area contributed by atoms with Gasteiger partial charge in [0.2, 0.25) is 0 Å². The summed E-state index contributed by atoms with van der Waals surface area (Å²) >= 11 is 1.73. The van der Waals surface area contributed by atoms with Gasteiger partial charge in [-0.05, 0) is 30.1 Å². The van der Waals surface area contributed by atoms with Gasteiger partial charge < -0.3 is 10.6 Å². The first kappa shape index (κ1) is 16.3. The quantitative estimate of drug-likeness (QED) is 0.596. The van der Waals surface area contributed by atoms with Crippen molar-refractivity contribution in [1.29, 1.82) is 0 Å².